The Morgan fingerprint density at radius 2 is 1.91 bits per heavy atom. The molecule has 0 spiro atoms. The number of nitrogens with two attached hydrogens (primary N) is 1. The zero-order valence-corrected chi connectivity index (χ0v) is 20.0. The van der Waals surface area contributed by atoms with Crippen LogP contribution in [0.15, 0.2) is 53.1 Å². The fourth-order valence-electron chi connectivity index (χ4n) is 3.31. The van der Waals surface area contributed by atoms with Gasteiger partial charge < -0.3 is 24.7 Å². The Balaban J connectivity index is 0.000000243. The van der Waals surface area contributed by atoms with E-state index in [0.717, 1.165) is 22.2 Å². The quantitative estimate of drug-likeness (QED) is 0.354. The Kier molecular flexibility index (Phi) is 7.01. The lowest BCUT2D eigenvalue weighted by Gasteiger charge is -2.10. The van der Waals surface area contributed by atoms with Crippen molar-refractivity contribution < 1.29 is 19.2 Å². The first kappa shape index (κ1) is 24.2. The molecule has 13 heteroatoms. The molecule has 5 aromatic rings. The average Bonchev–Trinajstić information content (AvgIpc) is 3.58. The summed E-state index contributed by atoms with van der Waals surface area (Å²) in [5, 5.41) is 25.9. The molecule has 5 rings (SSSR count). The van der Waals surface area contributed by atoms with Crippen molar-refractivity contribution in [2.75, 3.05) is 7.11 Å². The fourth-order valence-corrected chi connectivity index (χ4v) is 3.80. The van der Waals surface area contributed by atoms with Gasteiger partial charge in [-0.2, -0.15) is 4.80 Å². The van der Waals surface area contributed by atoms with Gasteiger partial charge in [0.15, 0.2) is 0 Å². The predicted octanol–water partition coefficient (Wildman–Crippen LogP) is 3.97. The van der Waals surface area contributed by atoms with E-state index in [1.807, 2.05) is 47.0 Å². The minimum Gasteiger partial charge on any atom is -0.479 e. The topological polar surface area (TPSA) is 147 Å². The monoisotopic (exact) mass is 515 g/mol. The van der Waals surface area contributed by atoms with E-state index in [-0.39, 0.29) is 11.6 Å². The lowest BCUT2D eigenvalue weighted by molar-refractivity contribution is 0.0651. The van der Waals surface area contributed by atoms with Gasteiger partial charge in [0.2, 0.25) is 11.6 Å². The van der Waals surface area contributed by atoms with Crippen LogP contribution in [-0.4, -0.2) is 48.1 Å². The molecule has 11 nitrogen and oxygen atoms in total. The van der Waals surface area contributed by atoms with Crippen LogP contribution in [-0.2, 0) is 13.6 Å². The first-order valence-corrected chi connectivity index (χ1v) is 10.8. The van der Waals surface area contributed by atoms with Crippen molar-refractivity contribution in [3.8, 4) is 23.1 Å². The molecule has 0 aliphatic rings. The third-order valence-corrected chi connectivity index (χ3v) is 5.54. The van der Waals surface area contributed by atoms with Crippen LogP contribution in [0.2, 0.25) is 10.0 Å². The first-order valence-electron chi connectivity index (χ1n) is 10.1. The second-order valence-corrected chi connectivity index (χ2v) is 7.99. The van der Waals surface area contributed by atoms with E-state index in [2.05, 4.69) is 29.8 Å². The van der Waals surface area contributed by atoms with E-state index >= 15 is 0 Å². The highest BCUT2D eigenvalue weighted by Gasteiger charge is 2.22. The van der Waals surface area contributed by atoms with Crippen LogP contribution in [0.5, 0.6) is 5.88 Å². The van der Waals surface area contributed by atoms with Crippen molar-refractivity contribution in [2.24, 2.45) is 12.8 Å². The number of carbonyl (C=O) groups is 1. The fraction of sp³-hybridized carbons (Fsp3) is 0.136. The van der Waals surface area contributed by atoms with Crippen LogP contribution in [0.25, 0.3) is 28.1 Å². The number of carboxylic acids is 1. The maximum Gasteiger partial charge on any atom is 0.374 e. The van der Waals surface area contributed by atoms with E-state index < -0.39 is 5.97 Å². The third-order valence-electron chi connectivity index (χ3n) is 4.93. The maximum atomic E-state index is 10.1. The van der Waals surface area contributed by atoms with Gasteiger partial charge in [0.05, 0.1) is 30.8 Å². The summed E-state index contributed by atoms with van der Waals surface area (Å²) in [5.74, 6) is -0.771. The van der Waals surface area contributed by atoms with Crippen LogP contribution in [0, 0.1) is 0 Å². The van der Waals surface area contributed by atoms with Gasteiger partial charge in [0.1, 0.15) is 5.69 Å². The minimum atomic E-state index is -1.16. The lowest BCUT2D eigenvalue weighted by atomic mass is 10.2. The lowest BCUT2D eigenvalue weighted by Crippen LogP contribution is -2.00. The highest BCUT2D eigenvalue weighted by Crippen LogP contribution is 2.39. The Hall–Kier alpha value is -3.93. The number of aromatic carboxylic acids is 1. The summed E-state index contributed by atoms with van der Waals surface area (Å²) in [5.41, 5.74) is 9.27. The summed E-state index contributed by atoms with van der Waals surface area (Å²) in [4.78, 5) is 11.5. The predicted molar refractivity (Wildman–Crippen MR) is 129 cm³/mol. The number of carboxylic acid groups (broad SMARTS) is 1. The number of rotatable bonds is 5. The number of hydrogen-bond donors (Lipinski definition) is 2. The Labute approximate surface area is 208 Å². The molecule has 3 aromatic heterocycles. The smallest absolute Gasteiger partial charge is 0.374 e. The maximum absolute atomic E-state index is 10.1. The van der Waals surface area contributed by atoms with Crippen LogP contribution < -0.4 is 10.5 Å². The Bertz CT molecular complexity index is 1490. The van der Waals surface area contributed by atoms with Crippen LogP contribution in [0.1, 0.15) is 16.1 Å². The molecule has 0 amide bonds. The van der Waals surface area contributed by atoms with Gasteiger partial charge in [-0.3, -0.25) is 0 Å². The van der Waals surface area contributed by atoms with E-state index in [9.17, 15) is 4.79 Å². The number of tetrazole rings is 1. The molecule has 35 heavy (non-hydrogen) atoms. The second kappa shape index (κ2) is 10.1. The van der Waals surface area contributed by atoms with Gasteiger partial charge in [-0.05, 0) is 46.3 Å². The molecular weight excluding hydrogens is 497 g/mol. The summed E-state index contributed by atoms with van der Waals surface area (Å²) in [6, 6.07) is 14.8. The number of fused-ring (bicyclic) bond motifs is 1. The molecule has 0 unspecified atom stereocenters. The second-order valence-electron chi connectivity index (χ2n) is 7.17. The molecule has 0 atom stereocenters. The van der Waals surface area contributed by atoms with E-state index in [1.54, 1.807) is 7.05 Å². The molecule has 3 N–H and O–H groups in total. The normalized spacial score (nSPS) is 10.8. The largest absolute Gasteiger partial charge is 0.479 e. The van der Waals surface area contributed by atoms with Gasteiger partial charge in [0, 0.05) is 22.6 Å². The standard InChI is InChI=1S/C17H14Cl2N6.C5H5NO4/c1-24-22-17(21-23-24)16-15(19)13-8-11(18)4-7-14(13)25(16)12-5-2-10(9-20)3-6-12;1-9-4-2-3(5(7)8)10-6-4/h2-8H,9,20H2,1H3;2H,1H3,(H,7,8). The molecule has 0 radical (unpaired) electrons. The van der Waals surface area contributed by atoms with Crippen molar-refractivity contribution in [1.82, 2.24) is 29.9 Å². The number of aromatic nitrogens is 6. The summed E-state index contributed by atoms with van der Waals surface area (Å²) in [6.45, 7) is 0.488. The third kappa shape index (κ3) is 4.97. The number of halogens is 2. The highest BCUT2D eigenvalue weighted by molar-refractivity contribution is 6.39. The number of methoxy groups -OCH3 is 1. The van der Waals surface area contributed by atoms with Crippen molar-refractivity contribution >= 4 is 40.1 Å². The number of aryl methyl sites for hydroxylation is 1. The average molecular weight is 516 g/mol. The molecule has 2 aromatic carbocycles. The molecular formula is C22H19Cl2N7O4. The van der Waals surface area contributed by atoms with Crippen molar-refractivity contribution in [3.63, 3.8) is 0 Å². The van der Waals surface area contributed by atoms with Crippen molar-refractivity contribution in [1.29, 1.82) is 0 Å². The van der Waals surface area contributed by atoms with Crippen molar-refractivity contribution in [2.45, 2.75) is 6.54 Å². The Morgan fingerprint density at radius 3 is 2.46 bits per heavy atom. The van der Waals surface area contributed by atoms with Crippen LogP contribution in [0.4, 0.5) is 0 Å². The zero-order chi connectivity index (χ0) is 25.1. The number of hydrogen-bond acceptors (Lipinski definition) is 8. The summed E-state index contributed by atoms with van der Waals surface area (Å²) in [6.07, 6.45) is 0. The van der Waals surface area contributed by atoms with E-state index in [4.69, 9.17) is 34.0 Å². The SMILES string of the molecule is COc1cc(C(=O)O)on1.Cn1nnc(-c2c(Cl)c3cc(Cl)ccc3n2-c2ccc(CN)cc2)n1. The molecule has 0 bridgehead atoms. The van der Waals surface area contributed by atoms with Gasteiger partial charge in [0.25, 0.3) is 5.88 Å². The first-order chi connectivity index (χ1) is 16.8. The number of benzene rings is 2. The summed E-state index contributed by atoms with van der Waals surface area (Å²) in [7, 11) is 3.09. The van der Waals surface area contributed by atoms with Gasteiger partial charge in [-0.15, -0.1) is 10.2 Å². The molecule has 3 heterocycles. The molecule has 180 valence electrons. The van der Waals surface area contributed by atoms with Crippen LogP contribution in [0.3, 0.4) is 0 Å². The van der Waals surface area contributed by atoms with Crippen molar-refractivity contribution in [3.05, 3.63) is 69.9 Å². The molecule has 0 saturated carbocycles. The Morgan fingerprint density at radius 1 is 1.17 bits per heavy atom. The molecule has 0 fully saturated rings. The number of ether oxygens (including phenoxy) is 1. The zero-order valence-electron chi connectivity index (χ0n) is 18.5. The minimum absolute atomic E-state index is 0.164. The highest BCUT2D eigenvalue weighted by atomic mass is 35.5. The summed E-state index contributed by atoms with van der Waals surface area (Å²) < 4.78 is 10.9. The summed E-state index contributed by atoms with van der Waals surface area (Å²) >= 11 is 12.8. The van der Waals surface area contributed by atoms with Crippen LogP contribution >= 0.6 is 23.2 Å². The van der Waals surface area contributed by atoms with Gasteiger partial charge in [-0.25, -0.2) is 4.79 Å². The molecule has 0 aliphatic carbocycles. The van der Waals surface area contributed by atoms with E-state index in [0.29, 0.717) is 28.1 Å². The van der Waals surface area contributed by atoms with Gasteiger partial charge >= 0.3 is 5.97 Å². The van der Waals surface area contributed by atoms with E-state index in [1.165, 1.54) is 18.0 Å². The number of nitrogens with zero attached hydrogens (tertiary/aromatic N) is 6. The molecule has 0 saturated heterocycles. The van der Waals surface area contributed by atoms with Gasteiger partial charge in [-0.1, -0.05) is 35.3 Å². The molecule has 0 aliphatic heterocycles.